The summed E-state index contributed by atoms with van der Waals surface area (Å²) in [7, 11) is -8.98. The highest BCUT2D eigenvalue weighted by molar-refractivity contribution is 7.86. The number of hydrogen-bond donors (Lipinski definition) is 4. The molecule has 0 aliphatic rings. The van der Waals surface area contributed by atoms with E-state index in [1.165, 1.54) is 36.4 Å². The number of nitrogens with zero attached hydrogens (tertiary/aromatic N) is 11. The summed E-state index contributed by atoms with van der Waals surface area (Å²) in [6, 6.07) is 47.1. The maximum Gasteiger partial charge on any atom is 0.294 e. The summed E-state index contributed by atoms with van der Waals surface area (Å²) in [6.07, 6.45) is 0. The first kappa shape index (κ1) is 45.6. The molecule has 0 bridgehead atoms. The van der Waals surface area contributed by atoms with Crippen LogP contribution in [0.3, 0.4) is 0 Å². The Morgan fingerprint density at radius 2 is 0.739 bits per heavy atom. The van der Waals surface area contributed by atoms with Gasteiger partial charge in [-0.25, -0.2) is 0 Å². The van der Waals surface area contributed by atoms with Gasteiger partial charge in [0.25, 0.3) is 20.2 Å². The molecule has 0 atom stereocenters. The lowest BCUT2D eigenvalue weighted by Gasteiger charge is -2.09. The Balaban J connectivity index is 0.858. The first-order chi connectivity index (χ1) is 33.3. The van der Waals surface area contributed by atoms with E-state index in [4.69, 9.17) is 11.6 Å². The molecule has 1 aromatic heterocycles. The maximum absolute atomic E-state index is 12.0. The highest BCUT2D eigenvalue weighted by atomic mass is 35.5. The third kappa shape index (κ3) is 11.3. The van der Waals surface area contributed by atoms with Crippen molar-refractivity contribution in [3.05, 3.63) is 175 Å². The van der Waals surface area contributed by atoms with Crippen LogP contribution in [0.1, 0.15) is 0 Å². The van der Waals surface area contributed by atoms with Crippen LogP contribution >= 0.6 is 11.6 Å². The van der Waals surface area contributed by atoms with Crippen molar-refractivity contribution in [3.8, 4) is 0 Å². The zero-order valence-corrected chi connectivity index (χ0v) is 37.7. The Bertz CT molecular complexity index is 3740. The highest BCUT2D eigenvalue weighted by Crippen LogP contribution is 2.38. The largest absolute Gasteiger partial charge is 0.324 e. The molecule has 22 heteroatoms. The van der Waals surface area contributed by atoms with E-state index in [2.05, 4.69) is 66.5 Å². The fourth-order valence-corrected chi connectivity index (χ4v) is 7.79. The van der Waals surface area contributed by atoms with E-state index in [9.17, 15) is 25.9 Å². The van der Waals surface area contributed by atoms with Crippen LogP contribution in [0.4, 0.5) is 68.8 Å². The molecule has 0 fully saturated rings. The van der Waals surface area contributed by atoms with Crippen LogP contribution in [0.15, 0.2) is 221 Å². The van der Waals surface area contributed by atoms with E-state index in [1.807, 2.05) is 66.7 Å². The number of halogens is 1. The Labute approximate surface area is 397 Å². The van der Waals surface area contributed by atoms with Gasteiger partial charge in [-0.05, 0) is 133 Å². The number of anilines is 4. The molecule has 4 N–H and O–H groups in total. The van der Waals surface area contributed by atoms with Gasteiger partial charge in [-0.1, -0.05) is 48.5 Å². The minimum atomic E-state index is -4.58. The Morgan fingerprint density at radius 1 is 0.377 bits per heavy atom. The van der Waals surface area contributed by atoms with Crippen LogP contribution in [-0.2, 0) is 20.2 Å². The minimum absolute atomic E-state index is 0.0524. The van der Waals surface area contributed by atoms with Gasteiger partial charge >= 0.3 is 0 Å². The zero-order valence-electron chi connectivity index (χ0n) is 35.3. The highest BCUT2D eigenvalue weighted by Gasteiger charge is 2.15. The van der Waals surface area contributed by atoms with Crippen LogP contribution in [0.5, 0.6) is 0 Å². The normalized spacial score (nSPS) is 12.3. The van der Waals surface area contributed by atoms with Crippen molar-refractivity contribution in [2.75, 3.05) is 10.6 Å². The van der Waals surface area contributed by atoms with Gasteiger partial charge in [0, 0.05) is 32.9 Å². The quantitative estimate of drug-likeness (QED) is 0.0587. The summed E-state index contributed by atoms with van der Waals surface area (Å²) in [5.41, 5.74) is 5.31. The predicted octanol–water partition coefficient (Wildman–Crippen LogP) is 14.5. The number of nitrogens with one attached hydrogen (secondary N) is 2. The summed E-state index contributed by atoms with van der Waals surface area (Å²) in [5.74, 6) is 0.353. The van der Waals surface area contributed by atoms with Crippen molar-refractivity contribution in [2.45, 2.75) is 9.79 Å². The molecule has 0 aliphatic carbocycles. The van der Waals surface area contributed by atoms with E-state index < -0.39 is 20.2 Å². The third-order valence-corrected chi connectivity index (χ3v) is 11.8. The second-order valence-electron chi connectivity index (χ2n) is 14.6. The van der Waals surface area contributed by atoms with E-state index >= 15 is 0 Å². The topological polar surface area (TPSA) is 270 Å². The Morgan fingerprint density at radius 3 is 1.17 bits per heavy atom. The Kier molecular flexibility index (Phi) is 13.0. The molecule has 0 unspecified atom stereocenters. The van der Waals surface area contributed by atoms with E-state index in [1.54, 1.807) is 54.6 Å². The van der Waals surface area contributed by atoms with Crippen LogP contribution in [-0.4, -0.2) is 40.9 Å². The average Bonchev–Trinajstić information content (AvgIpc) is 3.34. The summed E-state index contributed by atoms with van der Waals surface area (Å²) in [5, 5.41) is 43.6. The summed E-state index contributed by atoms with van der Waals surface area (Å²) in [6.45, 7) is 0. The number of azo groups is 4. The second kappa shape index (κ2) is 19.7. The molecular formula is C47H32ClN13O6S2. The molecule has 19 nitrogen and oxygen atoms in total. The van der Waals surface area contributed by atoms with E-state index in [-0.39, 0.29) is 43.7 Å². The lowest BCUT2D eigenvalue weighted by atomic mass is 10.1. The number of benzene rings is 8. The van der Waals surface area contributed by atoms with Crippen LogP contribution in [0.25, 0.3) is 21.5 Å². The van der Waals surface area contributed by atoms with Crippen molar-refractivity contribution in [1.82, 2.24) is 15.0 Å². The predicted molar refractivity (Wildman–Crippen MR) is 261 cm³/mol. The molecule has 1 heterocycles. The average molecular weight is 974 g/mol. The second-order valence-corrected chi connectivity index (χ2v) is 17.8. The minimum Gasteiger partial charge on any atom is -0.324 e. The van der Waals surface area contributed by atoms with Gasteiger partial charge in [0.15, 0.2) is 0 Å². The monoisotopic (exact) mass is 973 g/mol. The lowest BCUT2D eigenvalue weighted by molar-refractivity contribution is 0.481. The zero-order chi connectivity index (χ0) is 48.0. The summed E-state index contributed by atoms with van der Waals surface area (Å²) in [4.78, 5) is 12.2. The number of rotatable bonds is 14. The molecular weight excluding hydrogens is 942 g/mol. The summed E-state index contributed by atoms with van der Waals surface area (Å²) >= 11 is 6.29. The van der Waals surface area contributed by atoms with Gasteiger partial charge in [0.2, 0.25) is 17.2 Å². The molecule has 0 amide bonds. The molecule has 9 aromatic rings. The smallest absolute Gasteiger partial charge is 0.294 e. The molecule has 0 spiro atoms. The molecule has 0 aliphatic heterocycles. The lowest BCUT2D eigenvalue weighted by Crippen LogP contribution is -2.03. The van der Waals surface area contributed by atoms with Gasteiger partial charge in [0.05, 0.1) is 55.3 Å². The van der Waals surface area contributed by atoms with Crippen molar-refractivity contribution in [2.24, 2.45) is 40.9 Å². The SMILES string of the molecule is O=S(=O)(O)c1ccc(N=Nc2ccc(N=Nc3ccc(Nc4nc(Cl)nc(Nc5ccc(N=Nc6ccc(N=Nc7ccccc7)c7ccccc67)cc5)n4)cc3)c3ccc(S(=O)(=O)O)cc23)cc1. The third-order valence-electron chi connectivity index (χ3n) is 9.96. The van der Waals surface area contributed by atoms with Crippen LogP contribution in [0, 0.1) is 0 Å². The van der Waals surface area contributed by atoms with Gasteiger partial charge in [-0.15, -0.1) is 20.5 Å². The number of aromatic nitrogens is 3. The summed E-state index contributed by atoms with van der Waals surface area (Å²) < 4.78 is 65.8. The standard InChI is InChI=1S/C47H32ClN13O6S2/c48-45-51-46(49-29-10-14-32(15-11-29)55-59-42-25-24-41(37-8-4-5-9-38(37)42)58-54-31-6-2-1-3-7-31)53-47(52-45)50-30-12-16-33(17-13-30)56-60-43-26-27-44(40-28-36(69(65,66)67)22-23-39(40)43)61-57-34-18-20-35(21-19-34)68(62,63)64/h1-28H,(H,62,63,64)(H,65,66,67)(H2,49,50,51,52,53). The molecule has 8 aromatic carbocycles. The van der Waals surface area contributed by atoms with Gasteiger partial charge in [-0.2, -0.15) is 52.2 Å². The van der Waals surface area contributed by atoms with Crippen molar-refractivity contribution in [1.29, 1.82) is 0 Å². The van der Waals surface area contributed by atoms with E-state index in [0.29, 0.717) is 39.5 Å². The molecule has 340 valence electrons. The molecule has 0 saturated heterocycles. The van der Waals surface area contributed by atoms with Crippen molar-refractivity contribution in [3.63, 3.8) is 0 Å². The number of fused-ring (bicyclic) bond motifs is 2. The van der Waals surface area contributed by atoms with Gasteiger partial charge in [0.1, 0.15) is 0 Å². The van der Waals surface area contributed by atoms with Crippen LogP contribution in [0.2, 0.25) is 5.28 Å². The fourth-order valence-electron chi connectivity index (χ4n) is 6.64. The first-order valence-electron chi connectivity index (χ1n) is 20.3. The fraction of sp³-hybridized carbons (Fsp3) is 0. The van der Waals surface area contributed by atoms with Gasteiger partial charge in [-0.3, -0.25) is 9.11 Å². The maximum atomic E-state index is 12.0. The molecule has 0 radical (unpaired) electrons. The van der Waals surface area contributed by atoms with Crippen molar-refractivity contribution < 1.29 is 25.9 Å². The number of hydrogen-bond acceptors (Lipinski definition) is 17. The van der Waals surface area contributed by atoms with E-state index in [0.717, 1.165) is 34.3 Å². The van der Waals surface area contributed by atoms with Crippen molar-refractivity contribution >= 4 is 122 Å². The molecule has 9 rings (SSSR count). The molecule has 69 heavy (non-hydrogen) atoms. The van der Waals surface area contributed by atoms with Crippen LogP contribution < -0.4 is 10.6 Å². The Hall–Kier alpha value is -8.60. The molecule has 0 saturated carbocycles. The van der Waals surface area contributed by atoms with Gasteiger partial charge < -0.3 is 10.6 Å². The first-order valence-corrected chi connectivity index (χ1v) is 23.6.